The van der Waals surface area contributed by atoms with E-state index in [2.05, 4.69) is 12.2 Å². The van der Waals surface area contributed by atoms with Crippen molar-refractivity contribution in [2.45, 2.75) is 109 Å². The fourth-order valence-corrected chi connectivity index (χ4v) is 5.84. The summed E-state index contributed by atoms with van der Waals surface area (Å²) in [6.45, 7) is 5.65. The average Bonchev–Trinajstić information content (AvgIpc) is 3.36. The molecular weight excluding hydrogens is 508 g/mol. The zero-order chi connectivity index (χ0) is 28.7. The van der Waals surface area contributed by atoms with Gasteiger partial charge in [-0.1, -0.05) is 76.5 Å². The summed E-state index contributed by atoms with van der Waals surface area (Å²) in [5.74, 6) is -0.147. The van der Waals surface area contributed by atoms with Crippen molar-refractivity contribution >= 4 is 11.8 Å². The number of unbranched alkanes of at least 4 members (excludes halogenated alkanes) is 8. The Labute approximate surface area is 240 Å². The van der Waals surface area contributed by atoms with Gasteiger partial charge in [-0.25, -0.2) is 0 Å². The number of hydrogen-bond donors (Lipinski definition) is 3. The van der Waals surface area contributed by atoms with E-state index in [0.29, 0.717) is 43.9 Å². The van der Waals surface area contributed by atoms with Gasteiger partial charge in [-0.3, -0.25) is 9.59 Å². The molecule has 1 aromatic rings. The minimum atomic E-state index is -0.994. The van der Waals surface area contributed by atoms with Gasteiger partial charge in [0, 0.05) is 43.9 Å². The molecule has 0 aromatic heterocycles. The number of para-hydroxylation sites is 1. The predicted molar refractivity (Wildman–Crippen MR) is 156 cm³/mol. The zero-order valence-corrected chi connectivity index (χ0v) is 24.5. The van der Waals surface area contributed by atoms with Crippen molar-refractivity contribution in [2.75, 3.05) is 32.9 Å². The second-order valence-electron chi connectivity index (χ2n) is 10.9. The topological polar surface area (TPSA) is 108 Å². The Bertz CT molecular complexity index is 951. The van der Waals surface area contributed by atoms with Crippen LogP contribution in [-0.2, 0) is 14.3 Å². The Morgan fingerprint density at radius 3 is 2.40 bits per heavy atom. The maximum atomic E-state index is 13.6. The van der Waals surface area contributed by atoms with Gasteiger partial charge in [-0.05, 0) is 31.9 Å². The monoisotopic (exact) mass is 558 g/mol. The van der Waals surface area contributed by atoms with Crippen LogP contribution < -0.4 is 10.1 Å². The molecule has 1 aromatic carbocycles. The highest BCUT2D eigenvalue weighted by Gasteiger charge is 2.50. The van der Waals surface area contributed by atoms with Crippen molar-refractivity contribution in [1.29, 1.82) is 0 Å². The number of aliphatic hydroxyl groups is 2. The Hall–Kier alpha value is -2.42. The molecule has 8 nitrogen and oxygen atoms in total. The van der Waals surface area contributed by atoms with Gasteiger partial charge >= 0.3 is 0 Å². The summed E-state index contributed by atoms with van der Waals surface area (Å²) >= 11 is 0. The van der Waals surface area contributed by atoms with Crippen molar-refractivity contribution in [3.05, 3.63) is 41.5 Å². The molecule has 224 valence electrons. The third-order valence-electron chi connectivity index (χ3n) is 7.94. The number of carbonyl (C=O) groups excluding carboxylic acids is 2. The number of benzene rings is 1. The van der Waals surface area contributed by atoms with Crippen molar-refractivity contribution in [3.8, 4) is 5.75 Å². The van der Waals surface area contributed by atoms with Crippen molar-refractivity contribution in [2.24, 2.45) is 0 Å². The minimum Gasteiger partial charge on any atom is -0.486 e. The SMILES string of the molecule is CCCCCCCCCCCC(=O)N(CCCOCC)[C@@H]1C=C(C(=O)NCCO)[C@@H]2c3ccccc3O[C@@H]2[C@H]1O. The smallest absolute Gasteiger partial charge is 0.247 e. The Morgan fingerprint density at radius 2 is 1.70 bits per heavy atom. The number of aliphatic hydroxyl groups excluding tert-OH is 2. The molecule has 0 saturated carbocycles. The highest BCUT2D eigenvalue weighted by molar-refractivity contribution is 5.96. The van der Waals surface area contributed by atoms with Crippen LogP contribution in [0.4, 0.5) is 0 Å². The molecule has 0 spiro atoms. The largest absolute Gasteiger partial charge is 0.486 e. The summed E-state index contributed by atoms with van der Waals surface area (Å²) in [7, 11) is 0. The fourth-order valence-electron chi connectivity index (χ4n) is 5.84. The van der Waals surface area contributed by atoms with E-state index in [-0.39, 0.29) is 25.0 Å². The van der Waals surface area contributed by atoms with Crippen LogP contribution in [0.2, 0.25) is 0 Å². The van der Waals surface area contributed by atoms with E-state index in [4.69, 9.17) is 9.47 Å². The number of hydrogen-bond acceptors (Lipinski definition) is 6. The fraction of sp³-hybridized carbons (Fsp3) is 0.688. The van der Waals surface area contributed by atoms with Crippen molar-refractivity contribution < 1.29 is 29.3 Å². The summed E-state index contributed by atoms with van der Waals surface area (Å²) in [5.41, 5.74) is 1.31. The van der Waals surface area contributed by atoms with Gasteiger partial charge in [0.15, 0.2) is 0 Å². The lowest BCUT2D eigenvalue weighted by atomic mass is 9.77. The maximum Gasteiger partial charge on any atom is 0.247 e. The quantitative estimate of drug-likeness (QED) is 0.216. The molecule has 4 atom stereocenters. The number of carbonyl (C=O) groups is 2. The Morgan fingerprint density at radius 1 is 1.00 bits per heavy atom. The molecule has 0 saturated heterocycles. The lowest BCUT2D eigenvalue weighted by molar-refractivity contribution is -0.137. The van der Waals surface area contributed by atoms with Crippen LogP contribution in [0.15, 0.2) is 35.9 Å². The number of nitrogens with zero attached hydrogens (tertiary/aromatic N) is 1. The molecule has 1 aliphatic heterocycles. The number of amides is 2. The molecule has 0 radical (unpaired) electrons. The highest BCUT2D eigenvalue weighted by Crippen LogP contribution is 2.47. The molecule has 0 bridgehead atoms. The van der Waals surface area contributed by atoms with Gasteiger partial charge in [-0.15, -0.1) is 0 Å². The van der Waals surface area contributed by atoms with Gasteiger partial charge < -0.3 is 29.9 Å². The van der Waals surface area contributed by atoms with Crippen LogP contribution in [-0.4, -0.2) is 78.1 Å². The average molecular weight is 559 g/mol. The molecule has 0 unspecified atom stereocenters. The van der Waals surface area contributed by atoms with E-state index in [9.17, 15) is 19.8 Å². The number of rotatable bonds is 19. The second-order valence-corrected chi connectivity index (χ2v) is 10.9. The van der Waals surface area contributed by atoms with Crippen LogP contribution in [0.1, 0.15) is 96.0 Å². The molecule has 0 fully saturated rings. The first kappa shape index (κ1) is 32.1. The summed E-state index contributed by atoms with van der Waals surface area (Å²) in [6.07, 6.45) is 11.7. The summed E-state index contributed by atoms with van der Waals surface area (Å²) < 4.78 is 11.7. The minimum absolute atomic E-state index is 0.0242. The van der Waals surface area contributed by atoms with Crippen LogP contribution in [0, 0.1) is 0 Å². The van der Waals surface area contributed by atoms with E-state index in [0.717, 1.165) is 24.8 Å². The predicted octanol–water partition coefficient (Wildman–Crippen LogP) is 4.49. The number of fused-ring (bicyclic) bond motifs is 3. The van der Waals surface area contributed by atoms with E-state index in [1.165, 1.54) is 38.5 Å². The van der Waals surface area contributed by atoms with Gasteiger partial charge in [0.05, 0.1) is 18.6 Å². The standard InChI is InChI=1S/C32H50N2O6/c1-3-5-6-7-8-9-10-11-12-18-28(36)34(20-15-22-39-4-2)26-23-25(32(38)33-19-21-35)29-24-16-13-14-17-27(24)40-31(29)30(26)37/h13-14,16-17,23,26,29-31,35,37H,3-12,15,18-22H2,1-2H3,(H,33,38)/t26-,29+,30+,31+/m1/s1. The summed E-state index contributed by atoms with van der Waals surface area (Å²) in [4.78, 5) is 28.6. The van der Waals surface area contributed by atoms with Crippen LogP contribution >= 0.6 is 0 Å². The van der Waals surface area contributed by atoms with E-state index < -0.39 is 24.2 Å². The molecule has 8 heteroatoms. The van der Waals surface area contributed by atoms with Gasteiger partial charge in [0.25, 0.3) is 0 Å². The zero-order valence-electron chi connectivity index (χ0n) is 24.5. The van der Waals surface area contributed by atoms with Crippen LogP contribution in [0.3, 0.4) is 0 Å². The second kappa shape index (κ2) is 17.4. The van der Waals surface area contributed by atoms with Crippen molar-refractivity contribution in [3.63, 3.8) is 0 Å². The Kier molecular flexibility index (Phi) is 14.0. The molecule has 40 heavy (non-hydrogen) atoms. The lowest BCUT2D eigenvalue weighted by Gasteiger charge is -2.41. The molecule has 3 rings (SSSR count). The van der Waals surface area contributed by atoms with Gasteiger partial charge in [-0.2, -0.15) is 0 Å². The highest BCUT2D eigenvalue weighted by atomic mass is 16.5. The van der Waals surface area contributed by atoms with Crippen LogP contribution in [0.25, 0.3) is 0 Å². The van der Waals surface area contributed by atoms with E-state index >= 15 is 0 Å². The molecule has 2 aliphatic rings. The number of nitrogens with one attached hydrogen (secondary N) is 1. The van der Waals surface area contributed by atoms with Gasteiger partial charge in [0.2, 0.25) is 11.8 Å². The maximum absolute atomic E-state index is 13.6. The third-order valence-corrected chi connectivity index (χ3v) is 7.94. The molecule has 1 heterocycles. The first-order chi connectivity index (χ1) is 19.5. The lowest BCUT2D eigenvalue weighted by Crippen LogP contribution is -2.56. The summed E-state index contributed by atoms with van der Waals surface area (Å²) in [5, 5.41) is 23.6. The first-order valence-corrected chi connectivity index (χ1v) is 15.4. The van der Waals surface area contributed by atoms with Crippen molar-refractivity contribution in [1.82, 2.24) is 10.2 Å². The third kappa shape index (κ3) is 8.79. The Balaban J connectivity index is 1.73. The molecule has 3 N–H and O–H groups in total. The first-order valence-electron chi connectivity index (χ1n) is 15.4. The normalized spacial score (nSPS) is 21.2. The van der Waals surface area contributed by atoms with Gasteiger partial charge in [0.1, 0.15) is 18.0 Å². The molecular formula is C32H50N2O6. The molecule has 2 amide bonds. The van der Waals surface area contributed by atoms with E-state index in [1.807, 2.05) is 31.2 Å². The van der Waals surface area contributed by atoms with Crippen LogP contribution in [0.5, 0.6) is 5.75 Å². The molecule has 1 aliphatic carbocycles. The van der Waals surface area contributed by atoms with E-state index in [1.54, 1.807) is 11.0 Å². The number of ether oxygens (including phenoxy) is 2. The summed E-state index contributed by atoms with van der Waals surface area (Å²) in [6, 6.07) is 6.81.